The highest BCUT2D eigenvalue weighted by Crippen LogP contribution is 2.17. The summed E-state index contributed by atoms with van der Waals surface area (Å²) in [6, 6.07) is 12.8. The minimum absolute atomic E-state index is 0.316. The molecule has 0 saturated heterocycles. The van der Waals surface area contributed by atoms with Crippen LogP contribution in [0.25, 0.3) is 0 Å². The second-order valence-electron chi connectivity index (χ2n) is 4.60. The third kappa shape index (κ3) is 4.41. The molecule has 0 unspecified atom stereocenters. The average Bonchev–Trinajstić information content (AvgIpc) is 2.55. The Kier molecular flexibility index (Phi) is 5.65. The predicted octanol–water partition coefficient (Wildman–Crippen LogP) is 3.38. The van der Waals surface area contributed by atoms with E-state index in [9.17, 15) is 9.18 Å². The number of benzene rings is 2. The van der Waals surface area contributed by atoms with Crippen LogP contribution in [-0.2, 0) is 0 Å². The quantitative estimate of drug-likeness (QED) is 0.657. The molecule has 0 aliphatic carbocycles. The SMILES string of the molecule is CCCOc1ccccc1C(=O)N/N=C/c1ccc(F)cc1. The third-order valence-electron chi connectivity index (χ3n) is 2.84. The van der Waals surface area contributed by atoms with Gasteiger partial charge in [0.25, 0.3) is 5.91 Å². The Morgan fingerprint density at radius 1 is 1.23 bits per heavy atom. The van der Waals surface area contributed by atoms with E-state index in [2.05, 4.69) is 10.5 Å². The minimum atomic E-state index is -0.356. The summed E-state index contributed by atoms with van der Waals surface area (Å²) in [6.07, 6.45) is 2.31. The zero-order valence-corrected chi connectivity index (χ0v) is 12.3. The van der Waals surface area contributed by atoms with Crippen molar-refractivity contribution in [3.8, 4) is 5.75 Å². The lowest BCUT2D eigenvalue weighted by Crippen LogP contribution is -2.18. The first-order valence-electron chi connectivity index (χ1n) is 7.01. The maximum Gasteiger partial charge on any atom is 0.275 e. The molecule has 2 aromatic rings. The highest BCUT2D eigenvalue weighted by Gasteiger charge is 2.10. The fraction of sp³-hybridized carbons (Fsp3) is 0.176. The van der Waals surface area contributed by atoms with Gasteiger partial charge in [-0.15, -0.1) is 0 Å². The molecule has 2 rings (SSSR count). The van der Waals surface area contributed by atoms with Crippen molar-refractivity contribution in [1.82, 2.24) is 5.43 Å². The summed E-state index contributed by atoms with van der Waals surface area (Å²) >= 11 is 0. The van der Waals surface area contributed by atoms with E-state index in [1.54, 1.807) is 30.3 Å². The third-order valence-corrected chi connectivity index (χ3v) is 2.84. The van der Waals surface area contributed by atoms with Crippen molar-refractivity contribution >= 4 is 12.1 Å². The van der Waals surface area contributed by atoms with Gasteiger partial charge < -0.3 is 4.74 Å². The largest absolute Gasteiger partial charge is 0.493 e. The number of carbonyl (C=O) groups is 1. The maximum absolute atomic E-state index is 12.8. The standard InChI is InChI=1S/C17H17FN2O2/c1-2-11-22-16-6-4-3-5-15(16)17(21)20-19-12-13-7-9-14(18)10-8-13/h3-10,12H,2,11H2,1H3,(H,20,21)/b19-12+. The van der Waals surface area contributed by atoms with Gasteiger partial charge in [0, 0.05) is 0 Å². The Morgan fingerprint density at radius 2 is 1.95 bits per heavy atom. The number of nitrogens with one attached hydrogen (secondary N) is 1. The van der Waals surface area contributed by atoms with E-state index < -0.39 is 0 Å². The molecule has 1 amide bonds. The lowest BCUT2D eigenvalue weighted by molar-refractivity contribution is 0.0951. The minimum Gasteiger partial charge on any atom is -0.493 e. The van der Waals surface area contributed by atoms with Crippen LogP contribution < -0.4 is 10.2 Å². The molecule has 0 aliphatic rings. The molecule has 22 heavy (non-hydrogen) atoms. The number of carbonyl (C=O) groups excluding carboxylic acids is 1. The number of hydrazone groups is 1. The van der Waals surface area contributed by atoms with E-state index in [1.165, 1.54) is 18.3 Å². The van der Waals surface area contributed by atoms with Crippen LogP contribution in [0.5, 0.6) is 5.75 Å². The second kappa shape index (κ2) is 7.93. The number of amides is 1. The average molecular weight is 300 g/mol. The van der Waals surface area contributed by atoms with E-state index in [0.29, 0.717) is 23.5 Å². The number of hydrogen-bond donors (Lipinski definition) is 1. The Morgan fingerprint density at radius 3 is 2.68 bits per heavy atom. The predicted molar refractivity (Wildman–Crippen MR) is 83.7 cm³/mol. The lowest BCUT2D eigenvalue weighted by atomic mass is 10.2. The molecular weight excluding hydrogens is 283 g/mol. The molecule has 0 fully saturated rings. The van der Waals surface area contributed by atoms with Crippen LogP contribution in [0.3, 0.4) is 0 Å². The molecule has 4 nitrogen and oxygen atoms in total. The van der Waals surface area contributed by atoms with E-state index in [-0.39, 0.29) is 11.7 Å². The maximum atomic E-state index is 12.8. The summed E-state index contributed by atoms with van der Waals surface area (Å²) in [5.41, 5.74) is 3.55. The zero-order chi connectivity index (χ0) is 15.8. The smallest absolute Gasteiger partial charge is 0.275 e. The van der Waals surface area contributed by atoms with Gasteiger partial charge in [-0.05, 0) is 36.2 Å². The second-order valence-corrected chi connectivity index (χ2v) is 4.60. The molecular formula is C17H17FN2O2. The van der Waals surface area contributed by atoms with Crippen LogP contribution in [0.2, 0.25) is 0 Å². The Balaban J connectivity index is 2.01. The summed E-state index contributed by atoms with van der Waals surface area (Å²) in [6.45, 7) is 2.54. The summed E-state index contributed by atoms with van der Waals surface area (Å²) in [5, 5.41) is 3.87. The number of rotatable bonds is 6. The van der Waals surface area contributed by atoms with E-state index in [4.69, 9.17) is 4.74 Å². The van der Waals surface area contributed by atoms with Crippen LogP contribution in [0.1, 0.15) is 29.3 Å². The Labute approximate surface area is 128 Å². The van der Waals surface area contributed by atoms with Crippen molar-refractivity contribution in [3.63, 3.8) is 0 Å². The molecule has 0 spiro atoms. The number of nitrogens with zero attached hydrogens (tertiary/aromatic N) is 1. The topological polar surface area (TPSA) is 50.7 Å². The Hall–Kier alpha value is -2.69. The van der Waals surface area contributed by atoms with Gasteiger partial charge in [-0.2, -0.15) is 5.10 Å². The van der Waals surface area contributed by atoms with E-state index in [0.717, 1.165) is 6.42 Å². The molecule has 114 valence electrons. The first-order valence-corrected chi connectivity index (χ1v) is 7.01. The summed E-state index contributed by atoms with van der Waals surface area (Å²) in [7, 11) is 0. The van der Waals surface area contributed by atoms with Gasteiger partial charge in [0.1, 0.15) is 11.6 Å². The van der Waals surface area contributed by atoms with Gasteiger partial charge in [0.15, 0.2) is 0 Å². The molecule has 2 aromatic carbocycles. The van der Waals surface area contributed by atoms with Crippen LogP contribution in [0, 0.1) is 5.82 Å². The fourth-order valence-electron chi connectivity index (χ4n) is 1.77. The highest BCUT2D eigenvalue weighted by molar-refractivity contribution is 5.97. The van der Waals surface area contributed by atoms with Crippen molar-refractivity contribution in [2.75, 3.05) is 6.61 Å². The van der Waals surface area contributed by atoms with Crippen LogP contribution in [0.15, 0.2) is 53.6 Å². The molecule has 0 saturated carbocycles. The number of hydrogen-bond acceptors (Lipinski definition) is 3. The van der Waals surface area contributed by atoms with Crippen LogP contribution in [-0.4, -0.2) is 18.7 Å². The number of halogens is 1. The Bertz CT molecular complexity index is 654. The molecule has 0 atom stereocenters. The number of ether oxygens (including phenoxy) is 1. The molecule has 5 heteroatoms. The molecule has 1 N–H and O–H groups in total. The fourth-order valence-corrected chi connectivity index (χ4v) is 1.77. The lowest BCUT2D eigenvalue weighted by Gasteiger charge is -2.09. The van der Waals surface area contributed by atoms with E-state index in [1.807, 2.05) is 13.0 Å². The van der Waals surface area contributed by atoms with Crippen molar-refractivity contribution in [2.45, 2.75) is 13.3 Å². The van der Waals surface area contributed by atoms with Crippen LogP contribution >= 0.6 is 0 Å². The molecule has 0 radical (unpaired) electrons. The van der Waals surface area contributed by atoms with Gasteiger partial charge in [-0.1, -0.05) is 31.2 Å². The monoisotopic (exact) mass is 300 g/mol. The first kappa shape index (κ1) is 15.7. The summed E-state index contributed by atoms with van der Waals surface area (Å²) in [4.78, 5) is 12.1. The van der Waals surface area contributed by atoms with Crippen LogP contribution in [0.4, 0.5) is 4.39 Å². The first-order chi connectivity index (χ1) is 10.7. The normalized spacial score (nSPS) is 10.6. The summed E-state index contributed by atoms with van der Waals surface area (Å²) in [5.74, 6) is -0.146. The zero-order valence-electron chi connectivity index (χ0n) is 12.3. The van der Waals surface area contributed by atoms with Gasteiger partial charge in [-0.25, -0.2) is 9.82 Å². The molecule has 0 heterocycles. The van der Waals surface area contributed by atoms with Crippen molar-refractivity contribution < 1.29 is 13.9 Å². The van der Waals surface area contributed by atoms with Gasteiger partial charge in [-0.3, -0.25) is 4.79 Å². The van der Waals surface area contributed by atoms with Crippen molar-refractivity contribution in [2.24, 2.45) is 5.10 Å². The van der Waals surface area contributed by atoms with Crippen molar-refractivity contribution in [1.29, 1.82) is 0 Å². The molecule has 0 aliphatic heterocycles. The highest BCUT2D eigenvalue weighted by atomic mass is 19.1. The van der Waals surface area contributed by atoms with Gasteiger partial charge in [0.2, 0.25) is 0 Å². The molecule has 0 bridgehead atoms. The van der Waals surface area contributed by atoms with Crippen molar-refractivity contribution in [3.05, 3.63) is 65.5 Å². The van der Waals surface area contributed by atoms with Gasteiger partial charge in [0.05, 0.1) is 18.4 Å². The molecule has 0 aromatic heterocycles. The summed E-state index contributed by atoms with van der Waals surface area (Å²) < 4.78 is 18.3. The van der Waals surface area contributed by atoms with Gasteiger partial charge >= 0.3 is 0 Å². The number of para-hydroxylation sites is 1. The van der Waals surface area contributed by atoms with E-state index >= 15 is 0 Å².